The fourth-order valence-corrected chi connectivity index (χ4v) is 10.7. The minimum absolute atomic E-state index is 0.512. The molecule has 11 aromatic rings. The van der Waals surface area contributed by atoms with E-state index in [1.54, 1.807) is 0 Å². The van der Waals surface area contributed by atoms with Crippen molar-refractivity contribution in [2.24, 2.45) is 0 Å². The maximum absolute atomic E-state index is 5.45. The summed E-state index contributed by atoms with van der Waals surface area (Å²) in [7, 11) is 0. The van der Waals surface area contributed by atoms with Crippen molar-refractivity contribution in [1.82, 2.24) is 9.97 Å². The Hall–Kier alpha value is -7.46. The van der Waals surface area contributed by atoms with Crippen LogP contribution in [0.4, 0.5) is 0 Å². The molecule has 0 saturated heterocycles. The minimum atomic E-state index is -0.512. The van der Waals surface area contributed by atoms with E-state index in [-0.39, 0.29) is 0 Å². The van der Waals surface area contributed by atoms with Gasteiger partial charge in [-0.2, -0.15) is 0 Å². The van der Waals surface area contributed by atoms with Crippen molar-refractivity contribution in [2.45, 2.75) is 5.41 Å². The van der Waals surface area contributed by atoms with E-state index in [1.165, 1.54) is 59.1 Å². The Morgan fingerprint density at radius 1 is 0.333 bits per heavy atom. The van der Waals surface area contributed by atoms with Gasteiger partial charge in [0.15, 0.2) is 5.82 Å². The average Bonchev–Trinajstić information content (AvgIpc) is 3.85. The van der Waals surface area contributed by atoms with E-state index in [1.807, 2.05) is 11.3 Å². The average molecular weight is 781 g/mol. The number of thiophene rings is 1. The third-order valence-electron chi connectivity index (χ3n) is 12.4. The largest absolute Gasteiger partial charge is 0.228 e. The van der Waals surface area contributed by atoms with Crippen molar-refractivity contribution in [3.05, 3.63) is 241 Å². The fraction of sp³-hybridized carbons (Fsp3) is 0.0175. The summed E-state index contributed by atoms with van der Waals surface area (Å²) in [5.41, 5.74) is 14.2. The summed E-state index contributed by atoms with van der Waals surface area (Å²) in [6, 6.07) is 79.3. The molecule has 9 aromatic carbocycles. The number of nitrogens with zero attached hydrogens (tertiary/aromatic N) is 2. The molecule has 0 radical (unpaired) electrons. The van der Waals surface area contributed by atoms with Crippen LogP contribution in [0.3, 0.4) is 0 Å². The van der Waals surface area contributed by atoms with Crippen LogP contribution in [-0.2, 0) is 5.41 Å². The molecule has 0 fully saturated rings. The first-order valence-corrected chi connectivity index (χ1v) is 21.3. The maximum atomic E-state index is 5.45. The lowest BCUT2D eigenvalue weighted by molar-refractivity contribution is 0.768. The molecule has 280 valence electrons. The third-order valence-corrected chi connectivity index (χ3v) is 13.5. The molecule has 1 aliphatic carbocycles. The maximum Gasteiger partial charge on any atom is 0.161 e. The lowest BCUT2D eigenvalue weighted by atomic mass is 9.67. The zero-order valence-corrected chi connectivity index (χ0v) is 33.4. The number of hydrogen-bond acceptors (Lipinski definition) is 3. The van der Waals surface area contributed by atoms with Crippen molar-refractivity contribution >= 4 is 42.3 Å². The summed E-state index contributed by atoms with van der Waals surface area (Å²) in [5, 5.41) is 4.89. The molecular formula is C57H36N2S. The van der Waals surface area contributed by atoms with Gasteiger partial charge in [-0.1, -0.05) is 182 Å². The van der Waals surface area contributed by atoms with Crippen LogP contribution in [0.15, 0.2) is 218 Å². The Bertz CT molecular complexity index is 3390. The van der Waals surface area contributed by atoms with Gasteiger partial charge in [-0.3, -0.25) is 0 Å². The summed E-state index contributed by atoms with van der Waals surface area (Å²) >= 11 is 1.85. The molecule has 0 unspecified atom stereocenters. The Balaban J connectivity index is 1.07. The van der Waals surface area contributed by atoms with Crippen molar-refractivity contribution < 1.29 is 0 Å². The van der Waals surface area contributed by atoms with Gasteiger partial charge in [0.2, 0.25) is 0 Å². The summed E-state index contributed by atoms with van der Waals surface area (Å²) in [4.78, 5) is 10.8. The number of rotatable bonds is 6. The topological polar surface area (TPSA) is 25.8 Å². The first kappa shape index (κ1) is 34.6. The molecule has 0 saturated carbocycles. The highest BCUT2D eigenvalue weighted by Crippen LogP contribution is 2.56. The molecule has 1 aliphatic rings. The summed E-state index contributed by atoms with van der Waals surface area (Å²) in [6.07, 6.45) is 0. The van der Waals surface area contributed by atoms with Crippen LogP contribution in [0.2, 0.25) is 0 Å². The highest BCUT2D eigenvalue weighted by atomic mass is 32.1. The number of fused-ring (bicyclic) bond motifs is 7. The molecular weight excluding hydrogens is 745 g/mol. The van der Waals surface area contributed by atoms with E-state index < -0.39 is 5.41 Å². The molecule has 0 amide bonds. The Morgan fingerprint density at radius 3 is 1.72 bits per heavy atom. The standard InChI is InChI=1S/C57H36N2S/c1-3-19-42(20-4-1)57(43-21-5-2-6-22-43)50-27-11-9-24-45(50)46-31-29-41(35-51(46)57)53-36-52(58-56(59-53)48-26-14-16-37-15-7-8-23-44(37)48)40-18-13-17-38(33-40)39-30-32-55-49(34-39)47-25-10-12-28-54(47)60-55/h1-36H. The molecule has 0 aliphatic heterocycles. The quantitative estimate of drug-likeness (QED) is 0.168. The van der Waals surface area contributed by atoms with Crippen LogP contribution in [0.25, 0.3) is 87.1 Å². The van der Waals surface area contributed by atoms with Crippen molar-refractivity contribution in [1.29, 1.82) is 0 Å². The van der Waals surface area contributed by atoms with Gasteiger partial charge in [0, 0.05) is 36.9 Å². The molecule has 0 N–H and O–H groups in total. The van der Waals surface area contributed by atoms with Gasteiger partial charge in [0.25, 0.3) is 0 Å². The Kier molecular flexibility index (Phi) is 7.97. The Labute approximate surface area is 352 Å². The molecule has 2 nitrogen and oxygen atoms in total. The van der Waals surface area contributed by atoms with E-state index >= 15 is 0 Å². The molecule has 2 aromatic heterocycles. The van der Waals surface area contributed by atoms with Gasteiger partial charge in [0.1, 0.15) is 0 Å². The first-order valence-electron chi connectivity index (χ1n) is 20.5. The molecule has 12 rings (SSSR count). The van der Waals surface area contributed by atoms with Crippen LogP contribution < -0.4 is 0 Å². The predicted octanol–water partition coefficient (Wildman–Crippen LogP) is 15.0. The van der Waals surface area contributed by atoms with Crippen LogP contribution in [0.1, 0.15) is 22.3 Å². The predicted molar refractivity (Wildman–Crippen MR) is 251 cm³/mol. The highest BCUT2D eigenvalue weighted by Gasteiger charge is 2.46. The van der Waals surface area contributed by atoms with Gasteiger partial charge >= 0.3 is 0 Å². The lowest BCUT2D eigenvalue weighted by Crippen LogP contribution is -2.28. The summed E-state index contributed by atoms with van der Waals surface area (Å²) in [6.45, 7) is 0. The van der Waals surface area contributed by atoms with Crippen molar-refractivity contribution in [2.75, 3.05) is 0 Å². The molecule has 0 spiro atoms. The smallest absolute Gasteiger partial charge is 0.161 e. The van der Waals surface area contributed by atoms with Crippen molar-refractivity contribution in [3.8, 4) is 56.2 Å². The monoisotopic (exact) mass is 780 g/mol. The van der Waals surface area contributed by atoms with Gasteiger partial charge in [-0.05, 0) is 91.7 Å². The second-order valence-corrected chi connectivity index (χ2v) is 16.8. The van der Waals surface area contributed by atoms with Crippen LogP contribution in [0.5, 0.6) is 0 Å². The molecule has 60 heavy (non-hydrogen) atoms. The number of hydrogen-bond donors (Lipinski definition) is 0. The number of benzene rings is 9. The minimum Gasteiger partial charge on any atom is -0.228 e. The molecule has 3 heteroatoms. The second-order valence-electron chi connectivity index (χ2n) is 15.7. The highest BCUT2D eigenvalue weighted by molar-refractivity contribution is 7.25. The molecule has 0 bridgehead atoms. The van der Waals surface area contributed by atoms with E-state index in [0.717, 1.165) is 44.4 Å². The van der Waals surface area contributed by atoms with Gasteiger partial charge in [-0.25, -0.2) is 9.97 Å². The van der Waals surface area contributed by atoms with Gasteiger partial charge in [0.05, 0.1) is 16.8 Å². The summed E-state index contributed by atoms with van der Waals surface area (Å²) in [5.74, 6) is 0.706. The normalized spacial score (nSPS) is 12.8. The van der Waals surface area contributed by atoms with Crippen LogP contribution >= 0.6 is 11.3 Å². The van der Waals surface area contributed by atoms with Crippen LogP contribution in [-0.4, -0.2) is 9.97 Å². The lowest BCUT2D eigenvalue weighted by Gasteiger charge is -2.34. The second kappa shape index (κ2) is 13.8. The van der Waals surface area contributed by atoms with E-state index in [4.69, 9.17) is 9.97 Å². The van der Waals surface area contributed by atoms with Gasteiger partial charge < -0.3 is 0 Å². The van der Waals surface area contributed by atoms with E-state index in [9.17, 15) is 0 Å². The zero-order chi connectivity index (χ0) is 39.6. The molecule has 0 atom stereocenters. The first-order chi connectivity index (χ1) is 29.7. The fourth-order valence-electron chi connectivity index (χ4n) is 9.65. The third kappa shape index (κ3) is 5.40. The van der Waals surface area contributed by atoms with E-state index in [2.05, 4.69) is 218 Å². The SMILES string of the molecule is c1ccc(C2(c3ccccc3)c3ccccc3-c3ccc(-c4cc(-c5cccc(-c6ccc7sc8ccccc8c7c6)c5)nc(-c5cccc6ccccc56)n4)cc32)cc1. The number of aromatic nitrogens is 2. The molecule has 2 heterocycles. The van der Waals surface area contributed by atoms with Crippen LogP contribution in [0, 0.1) is 0 Å². The van der Waals surface area contributed by atoms with E-state index in [0.29, 0.717) is 5.82 Å². The Morgan fingerprint density at radius 2 is 0.900 bits per heavy atom. The summed E-state index contributed by atoms with van der Waals surface area (Å²) < 4.78 is 2.62. The van der Waals surface area contributed by atoms with Gasteiger partial charge in [-0.15, -0.1) is 11.3 Å². The van der Waals surface area contributed by atoms with Crippen molar-refractivity contribution in [3.63, 3.8) is 0 Å². The zero-order valence-electron chi connectivity index (χ0n) is 32.6.